The smallest absolute Gasteiger partial charge is 0.252 e. The molecule has 0 aliphatic carbocycles. The van der Waals surface area contributed by atoms with E-state index in [9.17, 15) is 13.2 Å². The molecule has 1 aromatic heterocycles. The molecule has 22 heavy (non-hydrogen) atoms. The number of nitrogens with two attached hydrogens (primary N) is 1. The molecule has 6 nitrogen and oxygen atoms in total. The number of halogens is 1. The summed E-state index contributed by atoms with van der Waals surface area (Å²) in [5.74, 6) is -0.414. The lowest BCUT2D eigenvalue weighted by Gasteiger charge is -2.09. The molecule has 1 heterocycles. The number of carbonyl (C=O) groups is 1. The number of nitrogens with one attached hydrogen (secondary N) is 1. The van der Waals surface area contributed by atoms with Crippen LogP contribution in [0.4, 0.5) is 0 Å². The Hall–Kier alpha value is -1.77. The third-order valence-corrected chi connectivity index (χ3v) is 4.65. The van der Waals surface area contributed by atoms with Gasteiger partial charge >= 0.3 is 0 Å². The van der Waals surface area contributed by atoms with Gasteiger partial charge in [0, 0.05) is 10.7 Å². The predicted molar refractivity (Wildman–Crippen MR) is 85.7 cm³/mol. The van der Waals surface area contributed by atoms with Gasteiger partial charge in [0.2, 0.25) is 10.0 Å². The molecule has 0 unspecified atom stereocenters. The SMILES string of the molecule is Cc1cccnc1CNC(=O)c1cc(S(N)(=O)=O)ccc1Br. The molecular weight excluding hydrogens is 370 g/mol. The van der Waals surface area contributed by atoms with E-state index in [4.69, 9.17) is 5.14 Å². The van der Waals surface area contributed by atoms with Gasteiger partial charge in [-0.1, -0.05) is 6.07 Å². The minimum atomic E-state index is -3.86. The minimum absolute atomic E-state index is 0.116. The number of hydrogen-bond donors (Lipinski definition) is 2. The molecule has 0 aliphatic rings. The largest absolute Gasteiger partial charge is 0.346 e. The normalized spacial score (nSPS) is 11.2. The van der Waals surface area contributed by atoms with Crippen molar-refractivity contribution in [1.82, 2.24) is 10.3 Å². The first-order valence-electron chi connectivity index (χ1n) is 6.30. The van der Waals surface area contributed by atoms with Gasteiger partial charge in [-0.05, 0) is 52.7 Å². The first-order chi connectivity index (χ1) is 10.3. The predicted octanol–water partition coefficient (Wildman–Crippen LogP) is 1.73. The summed E-state index contributed by atoms with van der Waals surface area (Å²) < 4.78 is 23.2. The molecule has 2 aromatic rings. The molecule has 116 valence electrons. The number of primary sulfonamides is 1. The molecule has 0 saturated carbocycles. The van der Waals surface area contributed by atoms with Crippen LogP contribution in [0.1, 0.15) is 21.6 Å². The molecule has 3 N–H and O–H groups in total. The highest BCUT2D eigenvalue weighted by Crippen LogP contribution is 2.20. The van der Waals surface area contributed by atoms with Crippen molar-refractivity contribution in [3.8, 4) is 0 Å². The summed E-state index contributed by atoms with van der Waals surface area (Å²) in [6, 6.07) is 7.75. The molecule has 0 saturated heterocycles. The van der Waals surface area contributed by atoms with Crippen LogP contribution < -0.4 is 10.5 Å². The van der Waals surface area contributed by atoms with E-state index >= 15 is 0 Å². The maximum atomic E-state index is 12.2. The maximum Gasteiger partial charge on any atom is 0.252 e. The third-order valence-electron chi connectivity index (χ3n) is 3.05. The Morgan fingerprint density at radius 1 is 1.36 bits per heavy atom. The summed E-state index contributed by atoms with van der Waals surface area (Å²) in [6.07, 6.45) is 1.64. The molecule has 1 aromatic carbocycles. The Morgan fingerprint density at radius 2 is 2.09 bits per heavy atom. The van der Waals surface area contributed by atoms with E-state index < -0.39 is 15.9 Å². The van der Waals surface area contributed by atoms with E-state index in [1.165, 1.54) is 18.2 Å². The number of pyridine rings is 1. The Bertz CT molecular complexity index is 822. The van der Waals surface area contributed by atoms with Crippen molar-refractivity contribution >= 4 is 31.9 Å². The third kappa shape index (κ3) is 3.90. The average molecular weight is 384 g/mol. The van der Waals surface area contributed by atoms with Crippen LogP contribution in [0.5, 0.6) is 0 Å². The second-order valence-corrected chi connectivity index (χ2v) is 7.05. The molecule has 0 atom stereocenters. The molecule has 0 aliphatic heterocycles. The van der Waals surface area contributed by atoms with Crippen LogP contribution in [0.3, 0.4) is 0 Å². The van der Waals surface area contributed by atoms with Gasteiger partial charge in [-0.15, -0.1) is 0 Å². The lowest BCUT2D eigenvalue weighted by molar-refractivity contribution is 0.0949. The summed E-state index contributed by atoms with van der Waals surface area (Å²) >= 11 is 3.23. The van der Waals surface area contributed by atoms with Gasteiger partial charge in [-0.25, -0.2) is 13.6 Å². The first-order valence-corrected chi connectivity index (χ1v) is 8.64. The fraction of sp³-hybridized carbons (Fsp3) is 0.143. The zero-order chi connectivity index (χ0) is 16.3. The highest BCUT2D eigenvalue weighted by atomic mass is 79.9. The molecule has 0 bridgehead atoms. The summed E-state index contributed by atoms with van der Waals surface area (Å²) in [5, 5.41) is 7.78. The van der Waals surface area contributed by atoms with Crippen molar-refractivity contribution in [1.29, 1.82) is 0 Å². The van der Waals surface area contributed by atoms with Crippen LogP contribution in [0, 0.1) is 6.92 Å². The topological polar surface area (TPSA) is 102 Å². The Morgan fingerprint density at radius 3 is 2.73 bits per heavy atom. The van der Waals surface area contributed by atoms with Crippen LogP contribution in [0.25, 0.3) is 0 Å². The summed E-state index contributed by atoms with van der Waals surface area (Å²) in [4.78, 5) is 16.3. The molecule has 1 amide bonds. The number of aromatic nitrogens is 1. The lowest BCUT2D eigenvalue weighted by Crippen LogP contribution is -2.24. The summed E-state index contributed by atoms with van der Waals surface area (Å²) in [7, 11) is -3.86. The second-order valence-electron chi connectivity index (χ2n) is 4.64. The molecule has 0 spiro atoms. The van der Waals surface area contributed by atoms with Crippen molar-refractivity contribution in [3.05, 3.63) is 57.8 Å². The van der Waals surface area contributed by atoms with Gasteiger partial charge in [-0.3, -0.25) is 9.78 Å². The van der Waals surface area contributed by atoms with E-state index in [1.54, 1.807) is 6.20 Å². The van der Waals surface area contributed by atoms with E-state index in [-0.39, 0.29) is 17.0 Å². The fourth-order valence-corrected chi connectivity index (χ4v) is 2.78. The zero-order valence-corrected chi connectivity index (χ0v) is 14.1. The van der Waals surface area contributed by atoms with Crippen LogP contribution in [0.15, 0.2) is 45.9 Å². The minimum Gasteiger partial charge on any atom is -0.346 e. The summed E-state index contributed by atoms with van der Waals surface area (Å²) in [6.45, 7) is 2.14. The van der Waals surface area contributed by atoms with Gasteiger partial charge < -0.3 is 5.32 Å². The standard InChI is InChI=1S/C14H14BrN3O3S/c1-9-3-2-6-17-13(9)8-18-14(19)11-7-10(22(16,20)21)4-5-12(11)15/h2-7H,8H2,1H3,(H,18,19)(H2,16,20,21). The van der Waals surface area contributed by atoms with Crippen molar-refractivity contribution in [2.24, 2.45) is 5.14 Å². The van der Waals surface area contributed by atoms with Gasteiger partial charge in [-0.2, -0.15) is 0 Å². The van der Waals surface area contributed by atoms with Crippen LogP contribution in [-0.4, -0.2) is 19.3 Å². The number of aryl methyl sites for hydroxylation is 1. The highest BCUT2D eigenvalue weighted by Gasteiger charge is 2.15. The van der Waals surface area contributed by atoms with E-state index in [0.29, 0.717) is 4.47 Å². The van der Waals surface area contributed by atoms with Crippen molar-refractivity contribution < 1.29 is 13.2 Å². The van der Waals surface area contributed by atoms with Gasteiger partial charge in [0.05, 0.1) is 22.7 Å². The number of hydrogen-bond acceptors (Lipinski definition) is 4. The number of benzene rings is 1. The van der Waals surface area contributed by atoms with Gasteiger partial charge in [0.15, 0.2) is 0 Å². The molecule has 2 rings (SSSR count). The molecule has 8 heteroatoms. The van der Waals surface area contributed by atoms with Crippen LogP contribution in [0.2, 0.25) is 0 Å². The number of amides is 1. The Labute approximate surface area is 136 Å². The van der Waals surface area contributed by atoms with E-state index in [1.807, 2.05) is 19.1 Å². The van der Waals surface area contributed by atoms with Crippen molar-refractivity contribution in [2.75, 3.05) is 0 Å². The van der Waals surface area contributed by atoms with Crippen molar-refractivity contribution in [3.63, 3.8) is 0 Å². The van der Waals surface area contributed by atoms with Crippen LogP contribution in [-0.2, 0) is 16.6 Å². The molecular formula is C14H14BrN3O3S. The van der Waals surface area contributed by atoms with Gasteiger partial charge in [0.1, 0.15) is 0 Å². The highest BCUT2D eigenvalue weighted by molar-refractivity contribution is 9.10. The lowest BCUT2D eigenvalue weighted by atomic mass is 10.2. The van der Waals surface area contributed by atoms with E-state index in [2.05, 4.69) is 26.2 Å². The van der Waals surface area contributed by atoms with E-state index in [0.717, 1.165) is 11.3 Å². The van der Waals surface area contributed by atoms with Gasteiger partial charge in [0.25, 0.3) is 5.91 Å². The number of rotatable bonds is 4. The zero-order valence-electron chi connectivity index (χ0n) is 11.7. The maximum absolute atomic E-state index is 12.2. The summed E-state index contributed by atoms with van der Waals surface area (Å²) in [5.41, 5.74) is 1.90. The van der Waals surface area contributed by atoms with Crippen molar-refractivity contribution in [2.45, 2.75) is 18.4 Å². The fourth-order valence-electron chi connectivity index (χ4n) is 1.82. The quantitative estimate of drug-likeness (QED) is 0.838. The Kier molecular flexibility index (Phi) is 4.94. The first kappa shape index (κ1) is 16.6. The van der Waals surface area contributed by atoms with Crippen LogP contribution >= 0.6 is 15.9 Å². The average Bonchev–Trinajstić information content (AvgIpc) is 2.45. The number of carbonyl (C=O) groups excluding carboxylic acids is 1. The Balaban J connectivity index is 2.21. The molecule has 0 radical (unpaired) electrons. The molecule has 0 fully saturated rings. The number of sulfonamides is 1. The monoisotopic (exact) mass is 383 g/mol. The number of nitrogens with zero attached hydrogens (tertiary/aromatic N) is 1. The second kappa shape index (κ2) is 6.55.